The molecule has 3 heteroatoms. The maximum absolute atomic E-state index is 2.48. The topological polar surface area (TPSA) is 0 Å². The normalized spacial score (nSPS) is 15.0. The van der Waals surface area contributed by atoms with E-state index >= 15 is 0 Å². The lowest BCUT2D eigenvalue weighted by atomic mass is 10.0. The number of hydrogen-bond donors (Lipinski definition) is 0. The molecule has 0 fully saturated rings. The Morgan fingerprint density at radius 2 is 0.714 bits per heavy atom. The Bertz CT molecular complexity index is 263. The lowest BCUT2D eigenvalue weighted by molar-refractivity contribution is 0.712. The zero-order valence-corrected chi connectivity index (χ0v) is 19.0. The molecule has 0 heterocycles. The van der Waals surface area contributed by atoms with Crippen molar-refractivity contribution in [2.24, 2.45) is 0 Å². The van der Waals surface area contributed by atoms with Crippen LogP contribution in [0.25, 0.3) is 0 Å². The minimum Gasteiger partial charge on any atom is -0.123 e. The summed E-state index contributed by atoms with van der Waals surface area (Å²) in [6, 6.07) is 0. The summed E-state index contributed by atoms with van der Waals surface area (Å²) in [4.78, 5) is 0. The van der Waals surface area contributed by atoms with Gasteiger partial charge in [0.2, 0.25) is 6.15 Å². The van der Waals surface area contributed by atoms with Gasteiger partial charge in [0.25, 0.3) is 0 Å². The molecule has 0 spiro atoms. The molecule has 126 valence electrons. The largest absolute Gasteiger partial charge is 0.202 e. The minimum atomic E-state index is -0.0454. The Morgan fingerprint density at radius 1 is 0.524 bits per heavy atom. The molecular weight excluding hydrogens is 289 g/mol. The highest BCUT2D eigenvalue weighted by Crippen LogP contribution is 2.75. The lowest BCUT2D eigenvalue weighted by Gasteiger charge is -2.54. The molecule has 0 aliphatic carbocycles. The van der Waals surface area contributed by atoms with Crippen LogP contribution in [0, 0.1) is 0 Å². The molecule has 0 aromatic carbocycles. The summed E-state index contributed by atoms with van der Waals surface area (Å²) >= 11 is 0. The minimum absolute atomic E-state index is 0.0454. The van der Waals surface area contributed by atoms with E-state index in [1.165, 1.54) is 6.32 Å². The molecule has 0 radical (unpaired) electrons. The second kappa shape index (κ2) is 6.81. The Morgan fingerprint density at radius 3 is 0.810 bits per heavy atom. The molecule has 21 heavy (non-hydrogen) atoms. The summed E-state index contributed by atoms with van der Waals surface area (Å²) in [6.45, 7) is 32.2. The highest BCUT2D eigenvalue weighted by Gasteiger charge is 2.50. The molecule has 0 unspecified atom stereocenters. The van der Waals surface area contributed by atoms with Crippen molar-refractivity contribution in [3.05, 3.63) is 0 Å². The van der Waals surface area contributed by atoms with Crippen molar-refractivity contribution >= 4 is 21.8 Å². The fraction of sp³-hybridized carbons (Fsp3) is 1.00. The first-order valence-electron chi connectivity index (χ1n) is 8.53. The average molecular weight is 330 g/mol. The van der Waals surface area contributed by atoms with E-state index in [0.29, 0.717) is 20.6 Å². The van der Waals surface area contributed by atoms with Gasteiger partial charge in [-0.05, 0) is 20.6 Å². The standard InChI is InChI=1S/C18H41BP2/c1-14-19(20(15(2,3)4)16(5,6)7)21(17(8,9)10)18(11,12)13/h14H2,1-13H3. The van der Waals surface area contributed by atoms with Crippen LogP contribution in [0.2, 0.25) is 6.32 Å². The molecule has 0 aliphatic heterocycles. The van der Waals surface area contributed by atoms with Crippen LogP contribution in [0.15, 0.2) is 0 Å². The van der Waals surface area contributed by atoms with Crippen LogP contribution in [0.1, 0.15) is 90.0 Å². The fourth-order valence-electron chi connectivity index (χ4n) is 4.28. The third kappa shape index (κ3) is 6.14. The van der Waals surface area contributed by atoms with Gasteiger partial charge >= 0.3 is 0 Å². The van der Waals surface area contributed by atoms with Crippen LogP contribution in [-0.4, -0.2) is 26.8 Å². The summed E-state index contributed by atoms with van der Waals surface area (Å²) < 4.78 is 0. The van der Waals surface area contributed by atoms with Crippen molar-refractivity contribution in [2.75, 3.05) is 0 Å². The summed E-state index contributed by atoms with van der Waals surface area (Å²) in [6.07, 6.45) is 2.22. The molecule has 0 nitrogen and oxygen atoms in total. The van der Waals surface area contributed by atoms with Gasteiger partial charge in [-0.1, -0.05) is 96.3 Å². The molecule has 0 rings (SSSR count). The Hall–Kier alpha value is 0.925. The van der Waals surface area contributed by atoms with Crippen LogP contribution in [0.3, 0.4) is 0 Å². The van der Waals surface area contributed by atoms with Gasteiger partial charge in [-0.25, -0.2) is 0 Å². The van der Waals surface area contributed by atoms with E-state index in [1.807, 2.05) is 0 Å². The third-order valence-electron chi connectivity index (χ3n) is 3.85. The van der Waals surface area contributed by atoms with Crippen LogP contribution < -0.4 is 0 Å². The first-order chi connectivity index (χ1) is 8.94. The van der Waals surface area contributed by atoms with Gasteiger partial charge in [0.05, 0.1) is 0 Å². The Kier molecular flexibility index (Phi) is 7.11. The molecule has 0 N–H and O–H groups in total. The van der Waals surface area contributed by atoms with Gasteiger partial charge < -0.3 is 0 Å². The van der Waals surface area contributed by atoms with E-state index in [2.05, 4.69) is 90.0 Å². The molecule has 0 atom stereocenters. The molecule has 0 aromatic rings. The molecule has 0 aromatic heterocycles. The van der Waals surface area contributed by atoms with Gasteiger partial charge in [0.1, 0.15) is 0 Å². The van der Waals surface area contributed by atoms with Crippen molar-refractivity contribution < 1.29 is 0 Å². The van der Waals surface area contributed by atoms with Gasteiger partial charge in [0, 0.05) is 0 Å². The molecule has 0 saturated carbocycles. The summed E-state index contributed by atoms with van der Waals surface area (Å²) in [5, 5.41) is 1.69. The van der Waals surface area contributed by atoms with E-state index in [-0.39, 0.29) is 15.6 Å². The van der Waals surface area contributed by atoms with Gasteiger partial charge in [-0.2, -0.15) is 0 Å². The van der Waals surface area contributed by atoms with Crippen molar-refractivity contribution in [2.45, 2.75) is 117 Å². The first kappa shape index (κ1) is 21.9. The molecule has 0 amide bonds. The van der Waals surface area contributed by atoms with Crippen molar-refractivity contribution in [3.63, 3.8) is 0 Å². The number of rotatable bonds is 3. The quantitative estimate of drug-likeness (QED) is 0.368. The summed E-state index contributed by atoms with van der Waals surface area (Å²) in [5.74, 6) is 0. The van der Waals surface area contributed by atoms with Crippen LogP contribution in [0.4, 0.5) is 0 Å². The molecule has 0 aliphatic rings. The van der Waals surface area contributed by atoms with Crippen molar-refractivity contribution in [1.29, 1.82) is 0 Å². The SMILES string of the molecule is CCB(P(C(C)(C)C)C(C)(C)C)P(C(C)(C)C)C(C)(C)C. The second-order valence-corrected chi connectivity index (χ2v) is 18.8. The van der Waals surface area contributed by atoms with Gasteiger partial charge in [-0.15, -0.1) is 15.6 Å². The number of hydrogen-bond acceptors (Lipinski definition) is 0. The van der Waals surface area contributed by atoms with E-state index in [0.717, 1.165) is 6.15 Å². The highest BCUT2D eigenvalue weighted by molar-refractivity contribution is 8.21. The first-order valence-corrected chi connectivity index (χ1v) is 11.3. The fourth-order valence-corrected chi connectivity index (χ4v) is 17.7. The molecule has 0 saturated heterocycles. The molecule has 0 bridgehead atoms. The predicted octanol–water partition coefficient (Wildman–Crippen LogP) is 7.65. The van der Waals surface area contributed by atoms with Gasteiger partial charge in [-0.3, -0.25) is 0 Å². The average Bonchev–Trinajstić information content (AvgIpc) is 2.06. The Labute approximate surface area is 139 Å². The van der Waals surface area contributed by atoms with Crippen LogP contribution in [0.5, 0.6) is 0 Å². The summed E-state index contributed by atoms with van der Waals surface area (Å²) in [5.41, 5.74) is 0. The van der Waals surface area contributed by atoms with E-state index in [9.17, 15) is 0 Å². The van der Waals surface area contributed by atoms with E-state index < -0.39 is 0 Å². The third-order valence-corrected chi connectivity index (χ3v) is 12.9. The van der Waals surface area contributed by atoms with Crippen molar-refractivity contribution in [1.82, 2.24) is 0 Å². The maximum Gasteiger partial charge on any atom is 0.202 e. The smallest absolute Gasteiger partial charge is 0.123 e. The highest BCUT2D eigenvalue weighted by atomic mass is 31.2. The van der Waals surface area contributed by atoms with Crippen LogP contribution in [-0.2, 0) is 0 Å². The monoisotopic (exact) mass is 330 g/mol. The second-order valence-electron chi connectivity index (χ2n) is 10.3. The van der Waals surface area contributed by atoms with Crippen molar-refractivity contribution in [3.8, 4) is 0 Å². The van der Waals surface area contributed by atoms with E-state index in [1.54, 1.807) is 0 Å². The van der Waals surface area contributed by atoms with Crippen LogP contribution >= 0.6 is 15.6 Å². The Balaban J connectivity index is 6.04. The predicted molar refractivity (Wildman–Crippen MR) is 109 cm³/mol. The zero-order chi connectivity index (χ0) is 17.4. The lowest BCUT2D eigenvalue weighted by Crippen LogP contribution is -2.39. The maximum atomic E-state index is 2.48. The van der Waals surface area contributed by atoms with E-state index in [4.69, 9.17) is 0 Å². The zero-order valence-electron chi connectivity index (χ0n) is 17.2. The van der Waals surface area contributed by atoms with Gasteiger partial charge in [0.15, 0.2) is 0 Å². The summed E-state index contributed by atoms with van der Waals surface area (Å²) in [7, 11) is -0.0908. The molecular formula is C18H41BP2.